The molecule has 0 aliphatic carbocycles. The molecule has 0 unspecified atom stereocenters. The second-order valence-corrected chi connectivity index (χ2v) is 8.73. The van der Waals surface area contributed by atoms with Crippen molar-refractivity contribution in [3.8, 4) is 11.5 Å². The number of carbonyl (C=O) groups excluding carboxylic acids is 1. The summed E-state index contributed by atoms with van der Waals surface area (Å²) in [7, 11) is 1.60. The molecule has 192 valence electrons. The van der Waals surface area contributed by atoms with Gasteiger partial charge in [0.15, 0.2) is 11.6 Å². The lowest BCUT2D eigenvalue weighted by atomic mass is 9.84. The molecule has 0 saturated carbocycles. The van der Waals surface area contributed by atoms with Gasteiger partial charge in [-0.3, -0.25) is 4.79 Å². The number of nitrogens with one attached hydrogen (secondary N) is 1. The van der Waals surface area contributed by atoms with Gasteiger partial charge in [-0.15, -0.1) is 6.58 Å². The van der Waals surface area contributed by atoms with Gasteiger partial charge in [-0.1, -0.05) is 48.5 Å². The number of aliphatic hydroxyl groups is 1. The van der Waals surface area contributed by atoms with Crippen molar-refractivity contribution in [3.63, 3.8) is 0 Å². The minimum Gasteiger partial charge on any atom is -0.497 e. The zero-order valence-electron chi connectivity index (χ0n) is 20.9. The quantitative estimate of drug-likeness (QED) is 0.280. The van der Waals surface area contributed by atoms with E-state index in [1.54, 1.807) is 13.2 Å². The molecule has 1 aliphatic rings. The van der Waals surface area contributed by atoms with Crippen molar-refractivity contribution in [2.75, 3.05) is 20.3 Å². The van der Waals surface area contributed by atoms with E-state index in [1.807, 2.05) is 78.9 Å². The standard InChI is InChI=1S/C30H32N2O5/c1-3-17-30(29(34)31-21-22-9-5-4-6-10-22)27(24-11-7-12-26(20-24)35-2)37-28(32-30)23-13-15-25(16-14-23)36-19-8-18-33/h3-7,9-16,20,27,33H,1,8,17-19,21H2,2H3,(H,31,34)/t27-,30-/m1/s1. The molecule has 0 spiro atoms. The van der Waals surface area contributed by atoms with Crippen LogP contribution in [0.15, 0.2) is 96.5 Å². The lowest BCUT2D eigenvalue weighted by Gasteiger charge is -2.30. The summed E-state index contributed by atoms with van der Waals surface area (Å²) in [6.07, 6.45) is 1.85. The molecule has 37 heavy (non-hydrogen) atoms. The zero-order chi connectivity index (χ0) is 26.1. The second-order valence-electron chi connectivity index (χ2n) is 8.73. The summed E-state index contributed by atoms with van der Waals surface area (Å²) in [6, 6.07) is 24.6. The topological polar surface area (TPSA) is 89.4 Å². The highest BCUT2D eigenvalue weighted by Gasteiger charge is 2.52. The van der Waals surface area contributed by atoms with E-state index in [-0.39, 0.29) is 18.9 Å². The maximum atomic E-state index is 13.8. The molecule has 7 nitrogen and oxygen atoms in total. The number of hydrogen-bond donors (Lipinski definition) is 2. The molecule has 4 rings (SSSR count). The number of carbonyl (C=O) groups is 1. The van der Waals surface area contributed by atoms with Crippen LogP contribution in [0.4, 0.5) is 0 Å². The van der Waals surface area contributed by atoms with Crippen molar-refractivity contribution in [3.05, 3.63) is 108 Å². The average molecular weight is 501 g/mol. The summed E-state index contributed by atoms with van der Waals surface area (Å²) < 4.78 is 17.5. The third-order valence-electron chi connectivity index (χ3n) is 6.18. The number of amides is 1. The minimum absolute atomic E-state index is 0.0755. The van der Waals surface area contributed by atoms with Crippen LogP contribution in [0.2, 0.25) is 0 Å². The van der Waals surface area contributed by atoms with Gasteiger partial charge in [0.25, 0.3) is 5.91 Å². The molecule has 1 amide bonds. The normalized spacial score (nSPS) is 18.4. The first-order valence-electron chi connectivity index (χ1n) is 12.3. The summed E-state index contributed by atoms with van der Waals surface area (Å²) >= 11 is 0. The molecule has 3 aromatic rings. The van der Waals surface area contributed by atoms with Crippen LogP contribution in [0.25, 0.3) is 0 Å². The van der Waals surface area contributed by atoms with Crippen molar-refractivity contribution in [2.45, 2.75) is 31.0 Å². The lowest BCUT2D eigenvalue weighted by molar-refractivity contribution is -0.129. The van der Waals surface area contributed by atoms with Gasteiger partial charge in [-0.25, -0.2) is 4.99 Å². The Hall–Kier alpha value is -4.10. The Bertz CT molecular complexity index is 1230. The summed E-state index contributed by atoms with van der Waals surface area (Å²) in [5.74, 6) is 1.46. The molecule has 0 fully saturated rings. The van der Waals surface area contributed by atoms with E-state index in [9.17, 15) is 4.79 Å². The van der Waals surface area contributed by atoms with Gasteiger partial charge in [0.1, 0.15) is 11.5 Å². The van der Waals surface area contributed by atoms with E-state index in [0.717, 1.165) is 16.7 Å². The van der Waals surface area contributed by atoms with Crippen LogP contribution < -0.4 is 14.8 Å². The van der Waals surface area contributed by atoms with Crippen molar-refractivity contribution in [2.24, 2.45) is 4.99 Å². The Balaban J connectivity index is 1.68. The molecule has 2 atom stereocenters. The molecule has 0 radical (unpaired) electrons. The number of hydrogen-bond acceptors (Lipinski definition) is 6. The molecule has 0 saturated heterocycles. The largest absolute Gasteiger partial charge is 0.497 e. The van der Waals surface area contributed by atoms with Gasteiger partial charge >= 0.3 is 0 Å². The predicted molar refractivity (Wildman–Crippen MR) is 143 cm³/mol. The number of nitrogens with zero attached hydrogens (tertiary/aromatic N) is 1. The molecule has 7 heteroatoms. The van der Waals surface area contributed by atoms with Gasteiger partial charge in [0.05, 0.1) is 13.7 Å². The molecule has 1 heterocycles. The highest BCUT2D eigenvalue weighted by atomic mass is 16.5. The number of aliphatic imine (C=N–C) groups is 1. The second kappa shape index (κ2) is 12.2. The smallest absolute Gasteiger partial charge is 0.252 e. The van der Waals surface area contributed by atoms with E-state index in [2.05, 4.69) is 11.9 Å². The highest BCUT2D eigenvalue weighted by Crippen LogP contribution is 2.43. The van der Waals surface area contributed by atoms with Crippen LogP contribution in [0.1, 0.15) is 35.6 Å². The van der Waals surface area contributed by atoms with Crippen LogP contribution >= 0.6 is 0 Å². The molecule has 2 N–H and O–H groups in total. The van der Waals surface area contributed by atoms with E-state index in [4.69, 9.17) is 24.3 Å². The number of methoxy groups -OCH3 is 1. The zero-order valence-corrected chi connectivity index (χ0v) is 20.9. The van der Waals surface area contributed by atoms with Crippen molar-refractivity contribution >= 4 is 11.8 Å². The van der Waals surface area contributed by atoms with Crippen molar-refractivity contribution < 1.29 is 24.1 Å². The highest BCUT2D eigenvalue weighted by molar-refractivity contribution is 6.01. The molecular formula is C30H32N2O5. The first-order chi connectivity index (χ1) is 18.1. The average Bonchev–Trinajstić information content (AvgIpc) is 3.33. The number of rotatable bonds is 12. The van der Waals surface area contributed by atoms with Crippen LogP contribution in [0.3, 0.4) is 0 Å². The number of benzene rings is 3. The Labute approximate surface area is 217 Å². The van der Waals surface area contributed by atoms with Gasteiger partial charge in [-0.05, 0) is 47.5 Å². The third-order valence-corrected chi connectivity index (χ3v) is 6.18. The van der Waals surface area contributed by atoms with Gasteiger partial charge < -0.3 is 24.6 Å². The van der Waals surface area contributed by atoms with Crippen molar-refractivity contribution in [1.82, 2.24) is 5.32 Å². The maximum Gasteiger partial charge on any atom is 0.252 e. The fourth-order valence-electron chi connectivity index (χ4n) is 4.27. The van der Waals surface area contributed by atoms with Crippen LogP contribution in [-0.4, -0.2) is 42.8 Å². The SMILES string of the molecule is C=CC[C@@]1(C(=O)NCc2ccccc2)N=C(c2ccc(OCCCO)cc2)O[C@@H]1c1cccc(OC)c1. The first kappa shape index (κ1) is 26.0. The van der Waals surface area contributed by atoms with E-state index < -0.39 is 11.6 Å². The van der Waals surface area contributed by atoms with Gasteiger partial charge in [0.2, 0.25) is 5.90 Å². The van der Waals surface area contributed by atoms with E-state index in [1.165, 1.54) is 0 Å². The summed E-state index contributed by atoms with van der Waals surface area (Å²) in [4.78, 5) is 18.7. The Morgan fingerprint density at radius 3 is 2.59 bits per heavy atom. The number of ether oxygens (including phenoxy) is 3. The molecule has 0 bridgehead atoms. The molecular weight excluding hydrogens is 468 g/mol. The summed E-state index contributed by atoms with van der Waals surface area (Å²) in [5.41, 5.74) is 1.24. The van der Waals surface area contributed by atoms with Crippen molar-refractivity contribution in [1.29, 1.82) is 0 Å². The van der Waals surface area contributed by atoms with E-state index in [0.29, 0.717) is 37.0 Å². The van der Waals surface area contributed by atoms with Gasteiger partial charge in [-0.2, -0.15) is 0 Å². The Morgan fingerprint density at radius 2 is 1.89 bits per heavy atom. The maximum absolute atomic E-state index is 13.8. The van der Waals surface area contributed by atoms with E-state index >= 15 is 0 Å². The summed E-state index contributed by atoms with van der Waals surface area (Å²) in [5, 5.41) is 12.0. The fraction of sp³-hybridized carbons (Fsp3) is 0.267. The molecule has 1 aliphatic heterocycles. The lowest BCUT2D eigenvalue weighted by Crippen LogP contribution is -2.47. The van der Waals surface area contributed by atoms with Gasteiger partial charge in [0, 0.05) is 31.6 Å². The Kier molecular flexibility index (Phi) is 8.59. The Morgan fingerprint density at radius 1 is 1.11 bits per heavy atom. The predicted octanol–water partition coefficient (Wildman–Crippen LogP) is 4.61. The number of aliphatic hydroxyl groups excluding tert-OH is 1. The fourth-order valence-corrected chi connectivity index (χ4v) is 4.27. The molecule has 3 aromatic carbocycles. The van der Waals surface area contributed by atoms with Crippen LogP contribution in [0.5, 0.6) is 11.5 Å². The molecule has 0 aromatic heterocycles. The summed E-state index contributed by atoms with van der Waals surface area (Å²) in [6.45, 7) is 4.78. The minimum atomic E-state index is -1.26. The monoisotopic (exact) mass is 500 g/mol. The first-order valence-corrected chi connectivity index (χ1v) is 12.3. The van der Waals surface area contributed by atoms with Crippen LogP contribution in [-0.2, 0) is 16.1 Å². The van der Waals surface area contributed by atoms with Crippen LogP contribution in [0, 0.1) is 0 Å². The third kappa shape index (κ3) is 6.01.